The lowest BCUT2D eigenvalue weighted by Crippen LogP contribution is -2.38. The van der Waals surface area contributed by atoms with Gasteiger partial charge in [-0.15, -0.1) is 0 Å². The normalized spacial score (nSPS) is 13.5. The Hall–Kier alpha value is -2.22. The highest BCUT2D eigenvalue weighted by atomic mass is 16.1. The Morgan fingerprint density at radius 3 is 2.00 bits per heavy atom. The van der Waals surface area contributed by atoms with Crippen LogP contribution in [0.4, 0.5) is 0 Å². The molecular formula is C17H16O2. The summed E-state index contributed by atoms with van der Waals surface area (Å²) in [6.45, 7) is 1.48. The van der Waals surface area contributed by atoms with E-state index in [9.17, 15) is 9.59 Å². The molecule has 0 aliphatic carbocycles. The Labute approximate surface area is 113 Å². The lowest BCUT2D eigenvalue weighted by Gasteiger charge is -2.25. The van der Waals surface area contributed by atoms with Crippen LogP contribution in [0.3, 0.4) is 0 Å². The van der Waals surface area contributed by atoms with Crippen LogP contribution in [-0.4, -0.2) is 12.1 Å². The van der Waals surface area contributed by atoms with Gasteiger partial charge in [0.1, 0.15) is 17.5 Å². The van der Waals surface area contributed by atoms with Crippen LogP contribution in [0, 0.1) is 0 Å². The molecule has 2 heteroatoms. The first-order chi connectivity index (χ1) is 9.19. The number of aldehydes is 1. The number of carbonyl (C=O) groups excluding carboxylic acids is 2. The van der Waals surface area contributed by atoms with Crippen molar-refractivity contribution < 1.29 is 9.59 Å². The molecule has 0 fully saturated rings. The van der Waals surface area contributed by atoms with Crippen molar-refractivity contribution in [2.24, 2.45) is 0 Å². The fourth-order valence-electron chi connectivity index (χ4n) is 2.28. The Kier molecular flexibility index (Phi) is 3.91. The van der Waals surface area contributed by atoms with Crippen molar-refractivity contribution >= 4 is 12.1 Å². The monoisotopic (exact) mass is 252 g/mol. The second-order valence-corrected chi connectivity index (χ2v) is 4.67. The molecule has 0 aliphatic rings. The van der Waals surface area contributed by atoms with Crippen LogP contribution in [0.2, 0.25) is 0 Å². The molecule has 2 nitrogen and oxygen atoms in total. The molecule has 0 N–H and O–H groups in total. The van der Waals surface area contributed by atoms with Gasteiger partial charge in [0.2, 0.25) is 0 Å². The van der Waals surface area contributed by atoms with Gasteiger partial charge in [-0.3, -0.25) is 4.79 Å². The first-order valence-corrected chi connectivity index (χ1v) is 6.26. The standard InChI is InChI=1S/C17H16O2/c1-14(19)17(13-18,16-10-6-3-7-11-16)12-15-8-4-2-5-9-15/h2-11,13H,12H2,1H3. The van der Waals surface area contributed by atoms with E-state index in [0.717, 1.165) is 17.4 Å². The maximum Gasteiger partial charge on any atom is 0.147 e. The summed E-state index contributed by atoms with van der Waals surface area (Å²) >= 11 is 0. The van der Waals surface area contributed by atoms with Crippen molar-refractivity contribution in [3.05, 3.63) is 71.8 Å². The van der Waals surface area contributed by atoms with Gasteiger partial charge < -0.3 is 4.79 Å². The van der Waals surface area contributed by atoms with E-state index in [1.807, 2.05) is 60.7 Å². The predicted molar refractivity (Wildman–Crippen MR) is 75.0 cm³/mol. The van der Waals surface area contributed by atoms with Crippen LogP contribution in [0.25, 0.3) is 0 Å². The summed E-state index contributed by atoms with van der Waals surface area (Å²) in [6, 6.07) is 18.9. The Bertz CT molecular complexity index is 560. The van der Waals surface area contributed by atoms with Crippen LogP contribution < -0.4 is 0 Å². The van der Waals surface area contributed by atoms with E-state index in [1.54, 1.807) is 0 Å². The molecule has 1 atom stereocenters. The lowest BCUT2D eigenvalue weighted by molar-refractivity contribution is -0.128. The molecule has 2 aromatic carbocycles. The van der Waals surface area contributed by atoms with Crippen LogP contribution in [-0.2, 0) is 21.4 Å². The minimum Gasteiger partial charge on any atom is -0.302 e. The number of hydrogen-bond acceptors (Lipinski definition) is 2. The molecule has 0 aromatic heterocycles. The minimum atomic E-state index is -1.08. The number of rotatable bonds is 5. The first-order valence-electron chi connectivity index (χ1n) is 6.26. The van der Waals surface area contributed by atoms with Crippen LogP contribution in [0.1, 0.15) is 18.1 Å². The average molecular weight is 252 g/mol. The predicted octanol–water partition coefficient (Wildman–Crippen LogP) is 2.96. The van der Waals surface area contributed by atoms with E-state index in [2.05, 4.69) is 0 Å². The van der Waals surface area contributed by atoms with Gasteiger partial charge in [-0.25, -0.2) is 0 Å². The molecule has 0 aliphatic heterocycles. The van der Waals surface area contributed by atoms with Crippen molar-refractivity contribution in [1.82, 2.24) is 0 Å². The molecule has 19 heavy (non-hydrogen) atoms. The number of carbonyl (C=O) groups is 2. The third-order valence-corrected chi connectivity index (χ3v) is 3.44. The van der Waals surface area contributed by atoms with Crippen LogP contribution >= 0.6 is 0 Å². The van der Waals surface area contributed by atoms with Gasteiger partial charge in [-0.2, -0.15) is 0 Å². The Morgan fingerprint density at radius 2 is 1.53 bits per heavy atom. The highest BCUT2D eigenvalue weighted by Crippen LogP contribution is 2.27. The zero-order chi connectivity index (χ0) is 13.7. The molecule has 0 spiro atoms. The molecule has 0 saturated heterocycles. The summed E-state index contributed by atoms with van der Waals surface area (Å²) in [7, 11) is 0. The van der Waals surface area contributed by atoms with E-state index >= 15 is 0 Å². The third kappa shape index (κ3) is 2.63. The van der Waals surface area contributed by atoms with E-state index in [0.29, 0.717) is 6.42 Å². The molecule has 0 heterocycles. The summed E-state index contributed by atoms with van der Waals surface area (Å²) in [5.74, 6) is -0.127. The van der Waals surface area contributed by atoms with Crippen molar-refractivity contribution in [3.8, 4) is 0 Å². The van der Waals surface area contributed by atoms with Crippen molar-refractivity contribution in [2.75, 3.05) is 0 Å². The quantitative estimate of drug-likeness (QED) is 0.605. The van der Waals surface area contributed by atoms with E-state index in [-0.39, 0.29) is 5.78 Å². The largest absolute Gasteiger partial charge is 0.302 e. The highest BCUT2D eigenvalue weighted by Gasteiger charge is 2.37. The molecule has 0 saturated carbocycles. The topological polar surface area (TPSA) is 34.1 Å². The molecule has 2 aromatic rings. The second-order valence-electron chi connectivity index (χ2n) is 4.67. The highest BCUT2D eigenvalue weighted by molar-refractivity contribution is 6.03. The van der Waals surface area contributed by atoms with Gasteiger partial charge in [0, 0.05) is 0 Å². The number of benzene rings is 2. The molecule has 0 bridgehead atoms. The summed E-state index contributed by atoms with van der Waals surface area (Å²) < 4.78 is 0. The van der Waals surface area contributed by atoms with E-state index in [1.165, 1.54) is 6.92 Å². The zero-order valence-corrected chi connectivity index (χ0v) is 10.9. The number of hydrogen-bond donors (Lipinski definition) is 0. The van der Waals surface area contributed by atoms with Crippen LogP contribution in [0.15, 0.2) is 60.7 Å². The summed E-state index contributed by atoms with van der Waals surface area (Å²) in [5.41, 5.74) is 0.651. The van der Waals surface area contributed by atoms with Crippen molar-refractivity contribution in [2.45, 2.75) is 18.8 Å². The fourth-order valence-corrected chi connectivity index (χ4v) is 2.28. The SMILES string of the molecule is CC(=O)C(C=O)(Cc1ccccc1)c1ccccc1. The molecule has 96 valence electrons. The minimum absolute atomic E-state index is 0.127. The average Bonchev–Trinajstić information content (AvgIpc) is 2.46. The Morgan fingerprint density at radius 1 is 1.00 bits per heavy atom. The zero-order valence-electron chi connectivity index (χ0n) is 10.9. The van der Waals surface area contributed by atoms with E-state index < -0.39 is 5.41 Å². The Balaban J connectivity index is 2.47. The second kappa shape index (κ2) is 5.61. The summed E-state index contributed by atoms with van der Waals surface area (Å²) in [6.07, 6.45) is 1.17. The van der Waals surface area contributed by atoms with Gasteiger partial charge in [0.25, 0.3) is 0 Å². The van der Waals surface area contributed by atoms with Gasteiger partial charge in [0.15, 0.2) is 0 Å². The molecular weight excluding hydrogens is 236 g/mol. The fraction of sp³-hybridized carbons (Fsp3) is 0.176. The number of ketones is 1. The molecule has 2 rings (SSSR count). The van der Waals surface area contributed by atoms with E-state index in [4.69, 9.17) is 0 Å². The van der Waals surface area contributed by atoms with Crippen molar-refractivity contribution in [1.29, 1.82) is 0 Å². The summed E-state index contributed by atoms with van der Waals surface area (Å²) in [4.78, 5) is 23.7. The first kappa shape index (κ1) is 13.2. The van der Waals surface area contributed by atoms with Gasteiger partial charge in [0.05, 0.1) is 0 Å². The smallest absolute Gasteiger partial charge is 0.147 e. The maximum atomic E-state index is 12.1. The molecule has 1 unspecified atom stereocenters. The molecule has 0 amide bonds. The van der Waals surface area contributed by atoms with Crippen LogP contribution in [0.5, 0.6) is 0 Å². The van der Waals surface area contributed by atoms with Crippen molar-refractivity contribution in [3.63, 3.8) is 0 Å². The summed E-state index contributed by atoms with van der Waals surface area (Å²) in [5, 5.41) is 0. The number of Topliss-reactive ketones (excluding diaryl/α,β-unsaturated/α-hetero) is 1. The van der Waals surface area contributed by atoms with Gasteiger partial charge in [-0.1, -0.05) is 60.7 Å². The van der Waals surface area contributed by atoms with Gasteiger partial charge in [-0.05, 0) is 24.5 Å². The third-order valence-electron chi connectivity index (χ3n) is 3.44. The van der Waals surface area contributed by atoms with Gasteiger partial charge >= 0.3 is 0 Å². The molecule has 0 radical (unpaired) electrons. The lowest BCUT2D eigenvalue weighted by atomic mass is 9.74. The maximum absolute atomic E-state index is 12.1.